The number of hydrogen-bond acceptors (Lipinski definition) is 5. The maximum absolute atomic E-state index is 12.6. The first-order valence-corrected chi connectivity index (χ1v) is 9.85. The van der Waals surface area contributed by atoms with E-state index in [1.807, 2.05) is 38.1 Å². The van der Waals surface area contributed by atoms with Crippen LogP contribution < -0.4 is 10.5 Å². The normalized spacial score (nSPS) is 23.3. The number of H-pyrrole nitrogens is 1. The van der Waals surface area contributed by atoms with Gasteiger partial charge < -0.3 is 9.64 Å². The van der Waals surface area contributed by atoms with Crippen LogP contribution in [0, 0.1) is 0 Å². The maximum atomic E-state index is 12.6. The molecule has 0 saturated carbocycles. The molecule has 2 aromatic rings. The third kappa shape index (κ3) is 4.18. The lowest BCUT2D eigenvalue weighted by Crippen LogP contribution is -2.47. The smallest absolute Gasteiger partial charge is 0.255 e. The molecule has 1 aromatic heterocycles. The fourth-order valence-electron chi connectivity index (χ4n) is 3.96. The van der Waals surface area contributed by atoms with Crippen molar-refractivity contribution >= 4 is 17.5 Å². The van der Waals surface area contributed by atoms with Gasteiger partial charge in [0.25, 0.3) is 5.56 Å². The molecule has 144 valence electrons. The average Bonchev–Trinajstić information content (AvgIpc) is 2.62. The van der Waals surface area contributed by atoms with E-state index in [0.29, 0.717) is 12.5 Å². The average molecular weight is 389 g/mol. The van der Waals surface area contributed by atoms with Crippen LogP contribution in [0.1, 0.15) is 30.7 Å². The first kappa shape index (κ1) is 18.5. The number of benzene rings is 1. The van der Waals surface area contributed by atoms with E-state index in [0.717, 1.165) is 48.9 Å². The topological polar surface area (TPSA) is 61.5 Å². The van der Waals surface area contributed by atoms with Crippen LogP contribution in [-0.2, 0) is 24.2 Å². The summed E-state index contributed by atoms with van der Waals surface area (Å²) < 4.78 is 5.79. The molecule has 3 heterocycles. The van der Waals surface area contributed by atoms with Crippen molar-refractivity contribution in [3.63, 3.8) is 0 Å². The maximum Gasteiger partial charge on any atom is 0.255 e. The summed E-state index contributed by atoms with van der Waals surface area (Å²) in [6.45, 7) is 7.93. The van der Waals surface area contributed by atoms with Gasteiger partial charge >= 0.3 is 0 Å². The lowest BCUT2D eigenvalue weighted by atomic mass is 10.1. The van der Waals surface area contributed by atoms with Gasteiger partial charge in [-0.15, -0.1) is 0 Å². The molecule has 4 rings (SSSR count). The second kappa shape index (κ2) is 7.62. The highest BCUT2D eigenvalue weighted by molar-refractivity contribution is 6.30. The molecule has 2 aliphatic rings. The highest BCUT2D eigenvalue weighted by Crippen LogP contribution is 2.21. The van der Waals surface area contributed by atoms with Crippen LogP contribution in [0.25, 0.3) is 0 Å². The number of nitrogens with one attached hydrogen (secondary N) is 1. The summed E-state index contributed by atoms with van der Waals surface area (Å²) in [5, 5.41) is 0.745. The first-order valence-electron chi connectivity index (χ1n) is 9.47. The van der Waals surface area contributed by atoms with E-state index >= 15 is 0 Å². The Hall–Kier alpha value is -1.89. The van der Waals surface area contributed by atoms with E-state index in [2.05, 4.69) is 14.8 Å². The molecule has 0 aliphatic carbocycles. The van der Waals surface area contributed by atoms with Crippen molar-refractivity contribution in [3.8, 4) is 0 Å². The van der Waals surface area contributed by atoms with Crippen LogP contribution in [0.3, 0.4) is 0 Å². The summed E-state index contributed by atoms with van der Waals surface area (Å²) in [7, 11) is 0. The molecule has 7 heteroatoms. The second-order valence-electron chi connectivity index (χ2n) is 7.56. The van der Waals surface area contributed by atoms with E-state index in [1.54, 1.807) is 0 Å². The number of fused-ring (bicyclic) bond motifs is 1. The highest BCUT2D eigenvalue weighted by Gasteiger charge is 2.26. The number of rotatable bonds is 3. The van der Waals surface area contributed by atoms with E-state index in [4.69, 9.17) is 21.3 Å². The Bertz CT molecular complexity index is 857. The SMILES string of the molecule is C[C@H]1CN(c2nc3c(c(=O)[nH]2)CCN(Cc2ccc(Cl)cc2)C3)C[C@H](C)O1. The third-order valence-electron chi connectivity index (χ3n) is 5.18. The summed E-state index contributed by atoms with van der Waals surface area (Å²) in [4.78, 5) is 24.9. The lowest BCUT2D eigenvalue weighted by molar-refractivity contribution is -0.00576. The lowest BCUT2D eigenvalue weighted by Gasteiger charge is -2.36. The van der Waals surface area contributed by atoms with Crippen molar-refractivity contribution < 1.29 is 4.74 Å². The molecular formula is C20H25ClN4O2. The molecule has 0 amide bonds. The number of halogens is 1. The van der Waals surface area contributed by atoms with E-state index in [9.17, 15) is 4.79 Å². The monoisotopic (exact) mass is 388 g/mol. The van der Waals surface area contributed by atoms with Crippen molar-refractivity contribution in [2.45, 2.75) is 45.6 Å². The number of aromatic amines is 1. The number of anilines is 1. The number of morpholine rings is 1. The minimum Gasteiger partial charge on any atom is -0.372 e. The van der Waals surface area contributed by atoms with Gasteiger partial charge in [-0.2, -0.15) is 0 Å². The summed E-state index contributed by atoms with van der Waals surface area (Å²) in [6, 6.07) is 7.92. The summed E-state index contributed by atoms with van der Waals surface area (Å²) in [6.07, 6.45) is 0.967. The molecule has 1 N–H and O–H groups in total. The van der Waals surface area contributed by atoms with Crippen molar-refractivity contribution in [1.29, 1.82) is 0 Å². The van der Waals surface area contributed by atoms with Crippen molar-refractivity contribution in [2.75, 3.05) is 24.5 Å². The predicted octanol–water partition coefficient (Wildman–Crippen LogP) is 2.60. The Labute approximate surface area is 164 Å². The second-order valence-corrected chi connectivity index (χ2v) is 8.00. The minimum absolute atomic E-state index is 0.00654. The van der Waals surface area contributed by atoms with Gasteiger partial charge in [-0.05, 0) is 38.0 Å². The zero-order valence-corrected chi connectivity index (χ0v) is 16.5. The van der Waals surface area contributed by atoms with Gasteiger partial charge in [0.05, 0.1) is 17.9 Å². The fourth-order valence-corrected chi connectivity index (χ4v) is 4.09. The van der Waals surface area contributed by atoms with Crippen LogP contribution >= 0.6 is 11.6 Å². The molecule has 0 unspecified atom stereocenters. The number of ether oxygens (including phenoxy) is 1. The molecule has 2 aliphatic heterocycles. The van der Waals surface area contributed by atoms with Crippen LogP contribution in [0.4, 0.5) is 5.95 Å². The Morgan fingerprint density at radius 2 is 1.93 bits per heavy atom. The summed E-state index contributed by atoms with van der Waals surface area (Å²) in [5.41, 5.74) is 2.91. The van der Waals surface area contributed by atoms with Crippen molar-refractivity contribution in [1.82, 2.24) is 14.9 Å². The Morgan fingerprint density at radius 3 is 2.63 bits per heavy atom. The first-order chi connectivity index (χ1) is 13.0. The highest BCUT2D eigenvalue weighted by atomic mass is 35.5. The Balaban J connectivity index is 1.54. The molecule has 0 bridgehead atoms. The molecule has 1 fully saturated rings. The van der Waals surface area contributed by atoms with Crippen LogP contribution in [0.5, 0.6) is 0 Å². The third-order valence-corrected chi connectivity index (χ3v) is 5.43. The minimum atomic E-state index is -0.00654. The Kier molecular flexibility index (Phi) is 5.21. The van der Waals surface area contributed by atoms with E-state index in [1.165, 1.54) is 5.56 Å². The van der Waals surface area contributed by atoms with Gasteiger partial charge in [-0.25, -0.2) is 4.98 Å². The van der Waals surface area contributed by atoms with Crippen LogP contribution in [0.2, 0.25) is 5.02 Å². The van der Waals surface area contributed by atoms with Gasteiger partial charge in [-0.3, -0.25) is 14.7 Å². The van der Waals surface area contributed by atoms with Gasteiger partial charge in [-0.1, -0.05) is 23.7 Å². The molecule has 2 atom stereocenters. The molecule has 0 radical (unpaired) electrons. The molecule has 0 spiro atoms. The number of hydrogen-bond donors (Lipinski definition) is 1. The van der Waals surface area contributed by atoms with Crippen LogP contribution in [-0.4, -0.2) is 46.7 Å². The van der Waals surface area contributed by atoms with Crippen molar-refractivity contribution in [3.05, 3.63) is 56.5 Å². The molecular weight excluding hydrogens is 364 g/mol. The standard InChI is InChI=1S/C20H25ClN4O2/c1-13-9-25(10-14(2)27-13)20-22-18-12-24(8-7-17(18)19(26)23-20)11-15-3-5-16(21)6-4-15/h3-6,13-14H,7-12H2,1-2H3,(H,22,23,26)/t13-,14-/m0/s1. The Morgan fingerprint density at radius 1 is 1.22 bits per heavy atom. The zero-order valence-electron chi connectivity index (χ0n) is 15.7. The predicted molar refractivity (Wildman–Crippen MR) is 106 cm³/mol. The molecule has 1 saturated heterocycles. The van der Waals surface area contributed by atoms with E-state index in [-0.39, 0.29) is 17.8 Å². The fraction of sp³-hybridized carbons (Fsp3) is 0.500. The molecule has 27 heavy (non-hydrogen) atoms. The van der Waals surface area contributed by atoms with Gasteiger partial charge in [0.15, 0.2) is 0 Å². The van der Waals surface area contributed by atoms with Crippen LogP contribution in [0.15, 0.2) is 29.1 Å². The van der Waals surface area contributed by atoms with Gasteiger partial charge in [0.2, 0.25) is 5.95 Å². The summed E-state index contributed by atoms with van der Waals surface area (Å²) in [5.74, 6) is 0.661. The van der Waals surface area contributed by atoms with E-state index < -0.39 is 0 Å². The van der Waals surface area contributed by atoms with Gasteiger partial charge in [0.1, 0.15) is 0 Å². The number of aromatic nitrogens is 2. The van der Waals surface area contributed by atoms with Crippen molar-refractivity contribution in [2.24, 2.45) is 0 Å². The largest absolute Gasteiger partial charge is 0.372 e. The zero-order chi connectivity index (χ0) is 19.0. The molecule has 1 aromatic carbocycles. The molecule has 6 nitrogen and oxygen atoms in total. The number of nitrogens with zero attached hydrogens (tertiary/aromatic N) is 3. The van der Waals surface area contributed by atoms with Gasteiger partial charge in [0, 0.05) is 43.3 Å². The quantitative estimate of drug-likeness (QED) is 0.875. The summed E-state index contributed by atoms with van der Waals surface area (Å²) >= 11 is 5.98.